The first-order valence-electron chi connectivity index (χ1n) is 16.0. The normalized spacial score (nSPS) is 17.8. The Labute approximate surface area is 278 Å². The smallest absolute Gasteiger partial charge is 0.262 e. The van der Waals surface area contributed by atoms with E-state index in [1.54, 1.807) is 27.7 Å². The summed E-state index contributed by atoms with van der Waals surface area (Å²) in [7, 11) is 0. The van der Waals surface area contributed by atoms with Crippen LogP contribution in [0.15, 0.2) is 58.5 Å². The number of likely N-dealkylation sites (tertiary alicyclic amines) is 1. The second kappa shape index (κ2) is 15.9. The van der Waals surface area contributed by atoms with Crippen LogP contribution in [0.4, 0.5) is 0 Å². The summed E-state index contributed by atoms with van der Waals surface area (Å²) in [5.41, 5.74) is 6.70. The van der Waals surface area contributed by atoms with Crippen LogP contribution in [0.3, 0.4) is 0 Å². The molecule has 246 valence electrons. The molecule has 3 N–H and O–H groups in total. The summed E-state index contributed by atoms with van der Waals surface area (Å²) >= 11 is 7.39. The van der Waals surface area contributed by atoms with Crippen LogP contribution >= 0.6 is 23.4 Å². The highest BCUT2D eigenvalue weighted by atomic mass is 35.5. The lowest BCUT2D eigenvalue weighted by molar-refractivity contribution is -0.133. The molecule has 13 heteroatoms. The molecule has 3 heterocycles. The van der Waals surface area contributed by atoms with Crippen molar-refractivity contribution in [1.82, 2.24) is 29.6 Å². The minimum Gasteiger partial charge on any atom is -0.355 e. The number of thioether (sulfide) groups is 1. The predicted molar refractivity (Wildman–Crippen MR) is 181 cm³/mol. The lowest BCUT2D eigenvalue weighted by Gasteiger charge is -2.34. The topological polar surface area (TPSA) is 134 Å². The van der Waals surface area contributed by atoms with Crippen molar-refractivity contribution in [3.05, 3.63) is 69.5 Å². The molecule has 0 bridgehead atoms. The number of hydrogen-bond donors (Lipinski definition) is 2. The quantitative estimate of drug-likeness (QED) is 0.223. The Kier molecular flexibility index (Phi) is 11.7. The fourth-order valence-electron chi connectivity index (χ4n) is 6.01. The van der Waals surface area contributed by atoms with Gasteiger partial charge < -0.3 is 20.9 Å². The van der Waals surface area contributed by atoms with E-state index in [9.17, 15) is 19.2 Å². The number of fused-ring (bicyclic) bond motifs is 1. The molecule has 1 unspecified atom stereocenters. The third kappa shape index (κ3) is 8.09. The maximum atomic E-state index is 14.1. The summed E-state index contributed by atoms with van der Waals surface area (Å²) in [6.07, 6.45) is 1.74. The minimum atomic E-state index is -0.661. The Balaban J connectivity index is 1.20. The highest BCUT2D eigenvalue weighted by Gasteiger charge is 2.36. The fraction of sp³-hybridized carbons (Fsp3) is 0.485. The van der Waals surface area contributed by atoms with Crippen molar-refractivity contribution in [3.63, 3.8) is 0 Å². The summed E-state index contributed by atoms with van der Waals surface area (Å²) in [4.78, 5) is 63.8. The van der Waals surface area contributed by atoms with Crippen LogP contribution in [0.25, 0.3) is 10.9 Å². The number of benzene rings is 2. The Hall–Kier alpha value is -3.45. The maximum Gasteiger partial charge on any atom is 0.262 e. The Morgan fingerprint density at radius 3 is 2.54 bits per heavy atom. The van der Waals surface area contributed by atoms with Gasteiger partial charge in [-0.3, -0.25) is 28.6 Å². The maximum absolute atomic E-state index is 14.1. The van der Waals surface area contributed by atoms with Crippen molar-refractivity contribution in [1.29, 1.82) is 0 Å². The molecular weight excluding hydrogens is 626 g/mol. The first-order chi connectivity index (χ1) is 22.3. The number of hydrogen-bond acceptors (Lipinski definition) is 8. The van der Waals surface area contributed by atoms with Gasteiger partial charge in [0.1, 0.15) is 5.25 Å². The van der Waals surface area contributed by atoms with E-state index >= 15 is 0 Å². The fourth-order valence-corrected chi connectivity index (χ4v) is 7.42. The van der Waals surface area contributed by atoms with Gasteiger partial charge in [0.15, 0.2) is 5.16 Å². The average Bonchev–Trinajstić information content (AvgIpc) is 3.58. The summed E-state index contributed by atoms with van der Waals surface area (Å²) in [5.74, 6) is -0.599. The molecule has 3 amide bonds. The Bertz CT molecular complexity index is 1600. The zero-order valence-electron chi connectivity index (χ0n) is 26.2. The number of nitrogens with zero attached hydrogens (tertiary/aromatic N) is 5. The van der Waals surface area contributed by atoms with Gasteiger partial charge in [-0.05, 0) is 56.6 Å². The molecule has 0 spiro atoms. The second-order valence-corrected chi connectivity index (χ2v) is 13.2. The first kappa shape index (κ1) is 33.9. The van der Waals surface area contributed by atoms with Gasteiger partial charge in [-0.2, -0.15) is 0 Å². The third-order valence-electron chi connectivity index (χ3n) is 8.66. The van der Waals surface area contributed by atoms with Crippen molar-refractivity contribution in [2.24, 2.45) is 11.7 Å². The van der Waals surface area contributed by atoms with Crippen LogP contribution in [0.2, 0.25) is 5.02 Å². The number of nitrogens with one attached hydrogen (secondary N) is 1. The van der Waals surface area contributed by atoms with E-state index in [1.807, 2.05) is 42.2 Å². The highest BCUT2D eigenvalue weighted by Crippen LogP contribution is 2.37. The Morgan fingerprint density at radius 1 is 1.07 bits per heavy atom. The number of nitrogens with two attached hydrogens (primary N) is 1. The molecule has 1 aromatic heterocycles. The molecule has 2 fully saturated rings. The van der Waals surface area contributed by atoms with E-state index in [1.165, 1.54) is 11.8 Å². The number of amides is 3. The summed E-state index contributed by atoms with van der Waals surface area (Å²) < 4.78 is 1.57. The number of aromatic nitrogens is 2. The summed E-state index contributed by atoms with van der Waals surface area (Å²) in [5, 5.41) is 3.59. The zero-order valence-corrected chi connectivity index (χ0v) is 27.8. The molecule has 0 radical (unpaired) electrons. The molecule has 0 aliphatic carbocycles. The van der Waals surface area contributed by atoms with Crippen LogP contribution in [-0.4, -0.2) is 101 Å². The van der Waals surface area contributed by atoms with Gasteiger partial charge in [0.05, 0.1) is 16.8 Å². The van der Waals surface area contributed by atoms with Crippen molar-refractivity contribution in [2.75, 3.05) is 58.9 Å². The lowest BCUT2D eigenvalue weighted by atomic mass is 10.1. The highest BCUT2D eigenvalue weighted by molar-refractivity contribution is 8.00. The molecule has 3 aromatic rings. The first-order valence-corrected chi connectivity index (χ1v) is 17.2. The van der Waals surface area contributed by atoms with Crippen molar-refractivity contribution in [3.8, 4) is 0 Å². The van der Waals surface area contributed by atoms with Crippen LogP contribution in [0.5, 0.6) is 0 Å². The lowest BCUT2D eigenvalue weighted by Crippen LogP contribution is -2.49. The predicted octanol–water partition coefficient (Wildman–Crippen LogP) is 2.75. The molecule has 2 aromatic carbocycles. The van der Waals surface area contributed by atoms with Gasteiger partial charge in [-0.15, -0.1) is 0 Å². The molecule has 2 atom stereocenters. The van der Waals surface area contributed by atoms with E-state index in [2.05, 4.69) is 10.2 Å². The van der Waals surface area contributed by atoms with Gasteiger partial charge in [-0.1, -0.05) is 53.7 Å². The van der Waals surface area contributed by atoms with Crippen LogP contribution < -0.4 is 16.6 Å². The number of carbonyl (C=O) groups is 3. The standard InChI is InChI=1S/C33H42ClN7O4S/c1-2-41-31(44)26-21-25(34)9-10-27(26)37-33(41)46-29(23-7-4-3-5-8-23)32(45)40-16-12-24(22-40)30(43)36-14-11-28(42)39-19-17-38(18-20-39)15-6-13-35/h3-5,7-10,21,24,29H,2,6,11-20,22,35H2,1H3,(H,36,43)/t24-,29?/m0/s1. The van der Waals surface area contributed by atoms with Crippen molar-refractivity contribution >= 4 is 52.0 Å². The molecule has 0 saturated carbocycles. The van der Waals surface area contributed by atoms with Crippen LogP contribution in [0.1, 0.15) is 37.0 Å². The summed E-state index contributed by atoms with van der Waals surface area (Å²) in [6.45, 7) is 7.93. The SMILES string of the molecule is CCn1c(SC(C(=O)N2CC[C@H](C(=O)NCCC(=O)N3CCN(CCCN)CC3)C2)c2ccccc2)nc2ccc(Cl)cc2c1=O. The molecule has 2 aliphatic heterocycles. The molecule has 5 rings (SSSR count). The van der Waals surface area contributed by atoms with E-state index in [0.717, 1.165) is 31.6 Å². The molecule has 2 saturated heterocycles. The summed E-state index contributed by atoms with van der Waals surface area (Å²) in [6, 6.07) is 14.4. The molecular formula is C33H42ClN7O4S. The van der Waals surface area contributed by atoms with Crippen LogP contribution in [-0.2, 0) is 20.9 Å². The number of halogens is 1. The zero-order chi connectivity index (χ0) is 32.6. The average molecular weight is 668 g/mol. The molecule has 11 nitrogen and oxygen atoms in total. The van der Waals surface area contributed by atoms with Gasteiger partial charge in [0, 0.05) is 63.8 Å². The van der Waals surface area contributed by atoms with E-state index < -0.39 is 5.25 Å². The monoisotopic (exact) mass is 667 g/mol. The van der Waals surface area contributed by atoms with E-state index in [-0.39, 0.29) is 48.7 Å². The van der Waals surface area contributed by atoms with Crippen molar-refractivity contribution in [2.45, 2.75) is 43.1 Å². The number of rotatable bonds is 12. The largest absolute Gasteiger partial charge is 0.355 e. The minimum absolute atomic E-state index is 0.0423. The van der Waals surface area contributed by atoms with Crippen LogP contribution in [0, 0.1) is 5.92 Å². The van der Waals surface area contributed by atoms with Crippen molar-refractivity contribution < 1.29 is 14.4 Å². The van der Waals surface area contributed by atoms with E-state index in [0.29, 0.717) is 60.2 Å². The van der Waals surface area contributed by atoms with E-state index in [4.69, 9.17) is 22.3 Å². The van der Waals surface area contributed by atoms with Gasteiger partial charge in [0.25, 0.3) is 5.56 Å². The molecule has 46 heavy (non-hydrogen) atoms. The third-order valence-corrected chi connectivity index (χ3v) is 10.1. The van der Waals surface area contributed by atoms with Gasteiger partial charge >= 0.3 is 0 Å². The Morgan fingerprint density at radius 2 is 1.83 bits per heavy atom. The second-order valence-electron chi connectivity index (χ2n) is 11.7. The number of piperazine rings is 1. The van der Waals surface area contributed by atoms with Gasteiger partial charge in [-0.25, -0.2) is 4.98 Å². The molecule has 2 aliphatic rings. The van der Waals surface area contributed by atoms with Gasteiger partial charge in [0.2, 0.25) is 17.7 Å². The number of carbonyl (C=O) groups excluding carboxylic acids is 3.